The number of likely N-dealkylation sites (tertiary alicyclic amines) is 1. The van der Waals surface area contributed by atoms with Crippen molar-refractivity contribution in [2.75, 3.05) is 31.6 Å². The van der Waals surface area contributed by atoms with Gasteiger partial charge in [0.05, 0.1) is 0 Å². The third-order valence-corrected chi connectivity index (χ3v) is 5.74. The molecule has 0 radical (unpaired) electrons. The molecule has 1 unspecified atom stereocenters. The highest BCUT2D eigenvalue weighted by Crippen LogP contribution is 2.33. The largest absolute Gasteiger partial charge is 0.486 e. The van der Waals surface area contributed by atoms with Gasteiger partial charge in [-0.3, -0.25) is 4.79 Å². The summed E-state index contributed by atoms with van der Waals surface area (Å²) in [5.41, 5.74) is 1.88. The zero-order chi connectivity index (χ0) is 21.8. The lowest BCUT2D eigenvalue weighted by molar-refractivity contribution is -0.132. The quantitative estimate of drug-likeness (QED) is 0.635. The first-order valence-corrected chi connectivity index (χ1v) is 11.1. The van der Waals surface area contributed by atoms with Crippen LogP contribution in [0.25, 0.3) is 11.4 Å². The van der Waals surface area contributed by atoms with Gasteiger partial charge in [-0.05, 0) is 25.0 Å². The van der Waals surface area contributed by atoms with Crippen LogP contribution in [0.3, 0.4) is 0 Å². The van der Waals surface area contributed by atoms with E-state index in [0.717, 1.165) is 42.1 Å². The van der Waals surface area contributed by atoms with Crippen LogP contribution in [0, 0.1) is 0 Å². The van der Waals surface area contributed by atoms with Crippen molar-refractivity contribution in [2.45, 2.75) is 31.7 Å². The number of carbonyl (C=O) groups is 1. The fraction of sp³-hybridized carbons (Fsp3) is 0.375. The number of aryl methyl sites for hydroxylation is 1. The number of anilines is 1. The molecule has 166 valence electrons. The van der Waals surface area contributed by atoms with E-state index >= 15 is 0 Å². The van der Waals surface area contributed by atoms with Crippen molar-refractivity contribution in [2.24, 2.45) is 0 Å². The highest BCUT2D eigenvalue weighted by Gasteiger charge is 2.24. The fourth-order valence-electron chi connectivity index (χ4n) is 4.12. The first-order chi connectivity index (χ1) is 15.7. The number of piperidine rings is 1. The molecule has 0 bridgehead atoms. The van der Waals surface area contributed by atoms with E-state index in [2.05, 4.69) is 15.5 Å². The van der Waals surface area contributed by atoms with Crippen LogP contribution >= 0.6 is 0 Å². The molecule has 3 aromatic rings. The zero-order valence-electron chi connectivity index (χ0n) is 17.8. The Kier molecular flexibility index (Phi) is 5.91. The lowest BCUT2D eigenvalue weighted by Crippen LogP contribution is -2.45. The molecule has 2 aliphatic heterocycles. The molecule has 1 saturated heterocycles. The summed E-state index contributed by atoms with van der Waals surface area (Å²) in [6, 6.07) is 15.8. The monoisotopic (exact) mass is 434 g/mol. The van der Waals surface area contributed by atoms with Gasteiger partial charge in [0.1, 0.15) is 13.2 Å². The van der Waals surface area contributed by atoms with Gasteiger partial charge in [-0.15, -0.1) is 0 Å². The minimum absolute atomic E-state index is 0.109. The molecule has 1 fully saturated rings. The molecular formula is C24H26N4O4. The van der Waals surface area contributed by atoms with Gasteiger partial charge >= 0.3 is 0 Å². The van der Waals surface area contributed by atoms with Crippen molar-refractivity contribution >= 4 is 11.6 Å². The lowest BCUT2D eigenvalue weighted by Gasteiger charge is -2.34. The molecule has 2 aliphatic rings. The topological polar surface area (TPSA) is 89.7 Å². The average Bonchev–Trinajstić information content (AvgIpc) is 3.32. The number of rotatable bonds is 6. The maximum Gasteiger partial charge on any atom is 0.227 e. The molecule has 2 aromatic carbocycles. The third-order valence-electron chi connectivity index (χ3n) is 5.74. The molecule has 1 atom stereocenters. The number of hydrogen-bond donors (Lipinski definition) is 1. The van der Waals surface area contributed by atoms with E-state index in [4.69, 9.17) is 14.0 Å². The second-order valence-electron chi connectivity index (χ2n) is 8.06. The van der Waals surface area contributed by atoms with Crippen LogP contribution in [0.4, 0.5) is 5.69 Å². The summed E-state index contributed by atoms with van der Waals surface area (Å²) < 4.78 is 16.6. The Labute approximate surface area is 186 Å². The van der Waals surface area contributed by atoms with E-state index < -0.39 is 0 Å². The fourth-order valence-corrected chi connectivity index (χ4v) is 4.12. The lowest BCUT2D eigenvalue weighted by atomic mass is 10.0. The maximum atomic E-state index is 12.8. The van der Waals surface area contributed by atoms with E-state index in [1.54, 1.807) is 0 Å². The SMILES string of the molecule is O=C(CCc1nc(-c2ccccc2)no1)N1CCCC(Nc2ccc3c(c2)OCCO3)C1. The summed E-state index contributed by atoms with van der Waals surface area (Å²) in [5.74, 6) is 2.69. The standard InChI is InChI=1S/C24H26N4O4/c29-23(11-10-22-26-24(27-32-22)17-5-2-1-3-6-17)28-12-4-7-19(16-28)25-18-8-9-20-21(15-18)31-14-13-30-20/h1-3,5-6,8-9,15,19,25H,4,7,10-14,16H2. The molecule has 5 rings (SSSR count). The van der Waals surface area contributed by atoms with Gasteiger partial charge in [0.15, 0.2) is 11.5 Å². The number of hydrogen-bond acceptors (Lipinski definition) is 7. The first-order valence-electron chi connectivity index (χ1n) is 11.1. The van der Waals surface area contributed by atoms with Gasteiger partial charge in [0, 0.05) is 49.3 Å². The number of fused-ring (bicyclic) bond motifs is 1. The molecule has 8 nitrogen and oxygen atoms in total. The van der Waals surface area contributed by atoms with Gasteiger partial charge in [-0.1, -0.05) is 35.5 Å². The van der Waals surface area contributed by atoms with E-state index in [-0.39, 0.29) is 11.9 Å². The van der Waals surface area contributed by atoms with Gasteiger partial charge < -0.3 is 24.2 Å². The number of nitrogens with one attached hydrogen (secondary N) is 1. The Morgan fingerprint density at radius 2 is 1.94 bits per heavy atom. The van der Waals surface area contributed by atoms with Crippen LogP contribution in [0.2, 0.25) is 0 Å². The molecule has 8 heteroatoms. The van der Waals surface area contributed by atoms with Crippen molar-refractivity contribution < 1.29 is 18.8 Å². The van der Waals surface area contributed by atoms with Crippen LogP contribution in [0.1, 0.15) is 25.2 Å². The predicted octanol–water partition coefficient (Wildman–Crippen LogP) is 3.54. The second kappa shape index (κ2) is 9.30. The van der Waals surface area contributed by atoms with Crippen molar-refractivity contribution in [1.29, 1.82) is 0 Å². The molecule has 1 amide bonds. The molecule has 1 aromatic heterocycles. The minimum Gasteiger partial charge on any atom is -0.486 e. The summed E-state index contributed by atoms with van der Waals surface area (Å²) in [7, 11) is 0. The molecule has 1 N–H and O–H groups in total. The van der Waals surface area contributed by atoms with Gasteiger partial charge in [-0.25, -0.2) is 0 Å². The number of aromatic nitrogens is 2. The van der Waals surface area contributed by atoms with Crippen molar-refractivity contribution in [3.05, 3.63) is 54.4 Å². The van der Waals surface area contributed by atoms with Crippen LogP contribution in [0.15, 0.2) is 53.1 Å². The molecule has 0 spiro atoms. The van der Waals surface area contributed by atoms with Crippen LogP contribution in [0.5, 0.6) is 11.5 Å². The minimum atomic E-state index is 0.109. The highest BCUT2D eigenvalue weighted by atomic mass is 16.6. The number of nitrogens with zero attached hydrogens (tertiary/aromatic N) is 3. The number of carbonyl (C=O) groups excluding carboxylic acids is 1. The van der Waals surface area contributed by atoms with E-state index in [1.165, 1.54) is 0 Å². The Morgan fingerprint density at radius 1 is 1.09 bits per heavy atom. The van der Waals surface area contributed by atoms with Crippen molar-refractivity contribution in [3.63, 3.8) is 0 Å². The molecule has 32 heavy (non-hydrogen) atoms. The Morgan fingerprint density at radius 3 is 2.81 bits per heavy atom. The smallest absolute Gasteiger partial charge is 0.227 e. The average molecular weight is 434 g/mol. The van der Waals surface area contributed by atoms with E-state index in [1.807, 2.05) is 53.4 Å². The van der Waals surface area contributed by atoms with Crippen molar-refractivity contribution in [1.82, 2.24) is 15.0 Å². The zero-order valence-corrected chi connectivity index (χ0v) is 17.8. The van der Waals surface area contributed by atoms with Gasteiger partial charge in [-0.2, -0.15) is 4.98 Å². The Bertz CT molecular complexity index is 1070. The van der Waals surface area contributed by atoms with Crippen molar-refractivity contribution in [3.8, 4) is 22.9 Å². The van der Waals surface area contributed by atoms with Gasteiger partial charge in [0.2, 0.25) is 17.6 Å². The second-order valence-corrected chi connectivity index (χ2v) is 8.06. The molecule has 0 saturated carbocycles. The summed E-state index contributed by atoms with van der Waals surface area (Å²) in [5, 5.41) is 7.57. The third kappa shape index (κ3) is 4.69. The maximum absolute atomic E-state index is 12.8. The number of benzene rings is 2. The Hall–Kier alpha value is -3.55. The normalized spacial score (nSPS) is 17.8. The predicted molar refractivity (Wildman–Crippen MR) is 119 cm³/mol. The summed E-state index contributed by atoms with van der Waals surface area (Å²) in [6.07, 6.45) is 2.78. The van der Waals surface area contributed by atoms with Crippen LogP contribution < -0.4 is 14.8 Å². The highest BCUT2D eigenvalue weighted by molar-refractivity contribution is 5.76. The van der Waals surface area contributed by atoms with E-state index in [9.17, 15) is 4.79 Å². The number of ether oxygens (including phenoxy) is 2. The molecule has 0 aliphatic carbocycles. The number of amides is 1. The molecular weight excluding hydrogens is 408 g/mol. The summed E-state index contributed by atoms with van der Waals surface area (Å²) >= 11 is 0. The molecule has 3 heterocycles. The van der Waals surface area contributed by atoms with E-state index in [0.29, 0.717) is 44.3 Å². The summed E-state index contributed by atoms with van der Waals surface area (Å²) in [6.45, 7) is 2.59. The first kappa shape index (κ1) is 20.4. The van der Waals surface area contributed by atoms with Crippen LogP contribution in [-0.4, -0.2) is 53.3 Å². The summed E-state index contributed by atoms with van der Waals surface area (Å²) in [4.78, 5) is 19.2. The Balaban J connectivity index is 1.14. The van der Waals surface area contributed by atoms with Crippen LogP contribution in [-0.2, 0) is 11.2 Å². The van der Waals surface area contributed by atoms with Gasteiger partial charge in [0.25, 0.3) is 0 Å².